The van der Waals surface area contributed by atoms with Crippen LogP contribution in [0.15, 0.2) is 29.2 Å². The molecule has 0 N–H and O–H groups in total. The molecule has 50 heavy (non-hydrogen) atoms. The molecule has 0 radical (unpaired) electrons. The molecule has 9 rings (SSSR count). The first kappa shape index (κ1) is 34.5. The van der Waals surface area contributed by atoms with Crippen molar-refractivity contribution in [2.24, 2.45) is 51.2 Å². The van der Waals surface area contributed by atoms with Crippen LogP contribution >= 0.6 is 11.6 Å². The minimum atomic E-state index is -3.86. The van der Waals surface area contributed by atoms with E-state index in [0.29, 0.717) is 65.6 Å². The van der Waals surface area contributed by atoms with Crippen molar-refractivity contribution in [3.05, 3.63) is 29.3 Å². The maximum atomic E-state index is 12.9. The van der Waals surface area contributed by atoms with Crippen LogP contribution in [-0.2, 0) is 33.3 Å². The molecule has 1 aromatic rings. The fourth-order valence-corrected chi connectivity index (χ4v) is 14.4. The van der Waals surface area contributed by atoms with Crippen LogP contribution < -0.4 is 0 Å². The summed E-state index contributed by atoms with van der Waals surface area (Å²) in [6.07, 6.45) is 14.8. The van der Waals surface area contributed by atoms with Crippen LogP contribution in [0, 0.1) is 51.2 Å². The van der Waals surface area contributed by atoms with Crippen LogP contribution in [0.5, 0.6) is 0 Å². The second kappa shape index (κ2) is 12.1. The predicted molar refractivity (Wildman–Crippen MR) is 189 cm³/mol. The molecule has 8 nitrogen and oxygen atoms in total. The molecule has 8 unspecified atom stereocenters. The van der Waals surface area contributed by atoms with Gasteiger partial charge in [-0.2, -0.15) is 8.42 Å². The second-order valence-electron chi connectivity index (χ2n) is 18.5. The number of ether oxygens (including phenoxy) is 3. The van der Waals surface area contributed by atoms with Gasteiger partial charge in [-0.1, -0.05) is 32.4 Å². The van der Waals surface area contributed by atoms with Gasteiger partial charge < -0.3 is 19.1 Å². The van der Waals surface area contributed by atoms with E-state index in [1.807, 2.05) is 4.90 Å². The third kappa shape index (κ3) is 5.48. The van der Waals surface area contributed by atoms with E-state index in [4.69, 9.17) is 30.0 Å². The van der Waals surface area contributed by atoms with E-state index in [9.17, 15) is 13.2 Å². The highest BCUT2D eigenvalue weighted by Gasteiger charge is 2.80. The highest BCUT2D eigenvalue weighted by atomic mass is 35.5. The van der Waals surface area contributed by atoms with Gasteiger partial charge in [0.05, 0.1) is 43.0 Å². The zero-order chi connectivity index (χ0) is 34.7. The van der Waals surface area contributed by atoms with Crippen molar-refractivity contribution in [1.29, 1.82) is 0 Å². The molecule has 8 aliphatic rings. The maximum Gasteiger partial charge on any atom is 0.297 e. The molecule has 1 amide bonds. The number of fused-ring (bicyclic) bond motifs is 4. The summed E-state index contributed by atoms with van der Waals surface area (Å²) in [7, 11) is -3.86. The largest absolute Gasteiger partial charge is 0.372 e. The van der Waals surface area contributed by atoms with E-state index >= 15 is 0 Å². The van der Waals surface area contributed by atoms with Gasteiger partial charge in [0.25, 0.3) is 10.1 Å². The Morgan fingerprint density at radius 1 is 0.940 bits per heavy atom. The molecule has 6 aliphatic carbocycles. The van der Waals surface area contributed by atoms with Crippen molar-refractivity contribution < 1.29 is 31.6 Å². The summed E-state index contributed by atoms with van der Waals surface area (Å²) in [5.41, 5.74) is 1.21. The Morgan fingerprint density at radius 3 is 2.50 bits per heavy atom. The number of amides is 1. The fraction of sp³-hybridized carbons (Fsp3) is 0.825. The maximum absolute atomic E-state index is 12.9. The van der Waals surface area contributed by atoms with Gasteiger partial charge in [0.15, 0.2) is 6.29 Å². The molecule has 0 aromatic heterocycles. The molecule has 2 spiro atoms. The average molecular weight is 730 g/mol. The third-order valence-corrected chi connectivity index (χ3v) is 17.5. The Morgan fingerprint density at radius 2 is 1.72 bits per heavy atom. The number of morpholine rings is 1. The Balaban J connectivity index is 0.846. The van der Waals surface area contributed by atoms with Crippen molar-refractivity contribution in [2.75, 3.05) is 26.3 Å². The molecule has 8 fully saturated rings. The molecule has 1 aromatic carbocycles. The molecule has 10 heteroatoms. The molecule has 6 saturated carbocycles. The molecular formula is C40H56ClNO7S. The average Bonchev–Trinajstić information content (AvgIpc) is 4.00. The summed E-state index contributed by atoms with van der Waals surface area (Å²) in [6.45, 7) is 9.38. The predicted octanol–water partition coefficient (Wildman–Crippen LogP) is 7.62. The van der Waals surface area contributed by atoms with Gasteiger partial charge in [0.2, 0.25) is 5.91 Å². The van der Waals surface area contributed by atoms with Crippen LogP contribution in [0.4, 0.5) is 0 Å². The number of hydrogen-bond acceptors (Lipinski definition) is 7. The third-order valence-electron chi connectivity index (χ3n) is 16.0. The molecule has 11 atom stereocenters. The van der Waals surface area contributed by atoms with Gasteiger partial charge in [-0.05, 0) is 153 Å². The van der Waals surface area contributed by atoms with Crippen molar-refractivity contribution >= 4 is 27.6 Å². The van der Waals surface area contributed by atoms with Crippen LogP contribution in [0.25, 0.3) is 0 Å². The highest BCUT2D eigenvalue weighted by molar-refractivity contribution is 7.86. The number of benzene rings is 1. The Labute approximate surface area is 303 Å². The molecule has 276 valence electrons. The van der Waals surface area contributed by atoms with Crippen molar-refractivity contribution in [1.82, 2.24) is 4.90 Å². The van der Waals surface area contributed by atoms with Gasteiger partial charge in [0, 0.05) is 18.0 Å². The lowest BCUT2D eigenvalue weighted by molar-refractivity contribution is -0.244. The quantitative estimate of drug-likeness (QED) is 0.254. The number of carbonyl (C=O) groups excluding carboxylic acids is 1. The van der Waals surface area contributed by atoms with Gasteiger partial charge in [-0.25, -0.2) is 0 Å². The lowest BCUT2D eigenvalue weighted by Crippen LogP contribution is -2.56. The summed E-state index contributed by atoms with van der Waals surface area (Å²) in [4.78, 5) is 15.0. The number of carbonyl (C=O) groups is 1. The summed E-state index contributed by atoms with van der Waals surface area (Å²) < 4.78 is 51.0. The number of nitrogens with zero attached hydrogens (tertiary/aromatic N) is 1. The number of halogens is 1. The van der Waals surface area contributed by atoms with Gasteiger partial charge in [-0.15, -0.1) is 0 Å². The summed E-state index contributed by atoms with van der Waals surface area (Å²) >= 11 is 5.96. The van der Waals surface area contributed by atoms with E-state index in [2.05, 4.69) is 20.8 Å². The van der Waals surface area contributed by atoms with Crippen LogP contribution in [0.1, 0.15) is 104 Å². The summed E-state index contributed by atoms with van der Waals surface area (Å²) in [6, 6.07) is 6.13. The number of hydrogen-bond donors (Lipinski definition) is 0. The van der Waals surface area contributed by atoms with E-state index in [1.165, 1.54) is 63.5 Å². The molecule has 2 saturated heterocycles. The lowest BCUT2D eigenvalue weighted by Gasteiger charge is -2.60. The van der Waals surface area contributed by atoms with E-state index in [-0.39, 0.29) is 52.8 Å². The first-order chi connectivity index (χ1) is 23.8. The normalized spacial score (nSPS) is 44.7. The van der Waals surface area contributed by atoms with Crippen molar-refractivity contribution in [2.45, 2.75) is 134 Å². The summed E-state index contributed by atoms with van der Waals surface area (Å²) in [5, 5.41) is 0.495. The zero-order valence-corrected chi connectivity index (χ0v) is 31.7. The number of rotatable bonds is 8. The molecule has 0 bridgehead atoms. The standard InChI is InChI=1S/C40H56ClNO7S/c1-37(2)33-13-12-29-31-21-32-30(11-8-27(48-32)23-47-50(44,45)28-9-6-26(41)7-10-28)38(31,3)16-17-39(29)24-40(33,39)15-14-34(37)49-36-22-42(18-19-46-36)35(43)20-25-4-5-25/h6-7,9-10,25,27,29-34,36H,4-5,8,11-24H2,1-3H3/t27?,29?,30-,31?,32?,33?,34-,36?,38?,39-,40?/m0/s1. The van der Waals surface area contributed by atoms with Gasteiger partial charge in [-0.3, -0.25) is 8.98 Å². The lowest BCUT2D eigenvalue weighted by atomic mass is 9.46. The fourth-order valence-electron chi connectivity index (χ4n) is 13.3. The highest BCUT2D eigenvalue weighted by Crippen LogP contribution is 2.87. The zero-order valence-electron chi connectivity index (χ0n) is 30.1. The van der Waals surface area contributed by atoms with E-state index in [1.54, 1.807) is 12.1 Å². The molecule has 2 heterocycles. The Hall–Kier alpha value is -1.23. The first-order valence-corrected chi connectivity index (χ1v) is 21.5. The van der Waals surface area contributed by atoms with Gasteiger partial charge in [0.1, 0.15) is 0 Å². The van der Waals surface area contributed by atoms with Crippen LogP contribution in [0.2, 0.25) is 5.02 Å². The second-order valence-corrected chi connectivity index (χ2v) is 20.6. The SMILES string of the molecule is CC1(C)C2CCC3C4CC5OC(COS(=O)(=O)c6ccc(Cl)cc6)CC[C@@H]5C4(C)CC[C@]34CC24CC[C@@H]1OC1CN(C(=O)CC2CC2)CCO1. The Kier molecular flexibility index (Phi) is 8.39. The van der Waals surface area contributed by atoms with Crippen molar-refractivity contribution in [3.8, 4) is 0 Å². The van der Waals surface area contributed by atoms with Gasteiger partial charge >= 0.3 is 0 Å². The van der Waals surface area contributed by atoms with E-state index in [0.717, 1.165) is 31.6 Å². The minimum Gasteiger partial charge on any atom is -0.372 e. The van der Waals surface area contributed by atoms with Crippen LogP contribution in [0.3, 0.4) is 0 Å². The topological polar surface area (TPSA) is 91.4 Å². The van der Waals surface area contributed by atoms with Crippen LogP contribution in [-0.4, -0.2) is 70.1 Å². The Bertz CT molecular complexity index is 1600. The van der Waals surface area contributed by atoms with Crippen molar-refractivity contribution in [3.63, 3.8) is 0 Å². The smallest absolute Gasteiger partial charge is 0.297 e. The molecule has 2 aliphatic heterocycles. The minimum absolute atomic E-state index is 0.0590. The first-order valence-electron chi connectivity index (χ1n) is 19.7. The van der Waals surface area contributed by atoms with E-state index < -0.39 is 10.1 Å². The summed E-state index contributed by atoms with van der Waals surface area (Å²) in [5.74, 6) is 3.46. The molecular weight excluding hydrogens is 674 g/mol. The monoisotopic (exact) mass is 729 g/mol.